The number of carbonyl (C=O) groups is 2. The number of nitrogens with two attached hydrogens (primary N) is 2. The van der Waals surface area contributed by atoms with Crippen LogP contribution >= 0.6 is 0 Å². The second-order valence-electron chi connectivity index (χ2n) is 7.40. The Bertz CT molecular complexity index is 1100. The lowest BCUT2D eigenvalue weighted by atomic mass is 10.0. The van der Waals surface area contributed by atoms with Crippen molar-refractivity contribution in [1.82, 2.24) is 5.32 Å². The molecule has 1 aliphatic heterocycles. The van der Waals surface area contributed by atoms with Gasteiger partial charge in [-0.3, -0.25) is 9.59 Å². The monoisotopic (exact) mass is 443 g/mol. The first-order valence-corrected chi connectivity index (χ1v) is 11.6. The Morgan fingerprint density at radius 1 is 1.03 bits per heavy atom. The predicted molar refractivity (Wildman–Crippen MR) is 119 cm³/mol. The number of nitrogens with zero attached hydrogens (tertiary/aromatic N) is 2. The van der Waals surface area contributed by atoms with Crippen LogP contribution in [0.15, 0.2) is 58.4 Å². The maximum Gasteiger partial charge on any atom is 0.280 e. The largest absolute Gasteiger partial charge is 0.370 e. The molecule has 2 amide bonds. The van der Waals surface area contributed by atoms with Crippen LogP contribution in [0.3, 0.4) is 0 Å². The zero-order valence-electron chi connectivity index (χ0n) is 17.1. The highest BCUT2D eigenvalue weighted by Gasteiger charge is 2.26. The molecule has 9 nitrogen and oxygen atoms in total. The van der Waals surface area contributed by atoms with E-state index in [2.05, 4.69) is 10.3 Å². The molecule has 0 radical (unpaired) electrons. The van der Waals surface area contributed by atoms with Crippen LogP contribution in [0.4, 0.5) is 5.69 Å². The topological polar surface area (TPSA) is 148 Å². The van der Waals surface area contributed by atoms with Gasteiger partial charge < -0.3 is 21.7 Å². The Hall–Kier alpha value is -3.40. The number of nitrogens with one attached hydrogen (secondary N) is 1. The Balaban J connectivity index is 1.74. The van der Waals surface area contributed by atoms with Crippen LogP contribution in [-0.2, 0) is 9.84 Å². The van der Waals surface area contributed by atoms with Gasteiger partial charge in [-0.1, -0.05) is 18.2 Å². The van der Waals surface area contributed by atoms with Gasteiger partial charge in [0.15, 0.2) is 15.8 Å². The van der Waals surface area contributed by atoms with Gasteiger partial charge >= 0.3 is 0 Å². The molecule has 0 atom stereocenters. The number of hydrogen-bond acceptors (Lipinski definition) is 5. The van der Waals surface area contributed by atoms with E-state index in [-0.39, 0.29) is 22.4 Å². The molecule has 0 bridgehead atoms. The number of anilines is 1. The van der Waals surface area contributed by atoms with Crippen LogP contribution in [0.1, 0.15) is 33.6 Å². The van der Waals surface area contributed by atoms with Crippen molar-refractivity contribution < 1.29 is 18.0 Å². The van der Waals surface area contributed by atoms with Gasteiger partial charge in [0.05, 0.1) is 10.6 Å². The smallest absolute Gasteiger partial charge is 0.280 e. The molecule has 31 heavy (non-hydrogen) atoms. The minimum atomic E-state index is -3.61. The summed E-state index contributed by atoms with van der Waals surface area (Å²) < 4.78 is 24.8. The fraction of sp³-hybridized carbons (Fsp3) is 0.286. The molecule has 1 aliphatic rings. The van der Waals surface area contributed by atoms with Gasteiger partial charge in [0, 0.05) is 36.5 Å². The van der Waals surface area contributed by atoms with E-state index in [4.69, 9.17) is 11.5 Å². The van der Waals surface area contributed by atoms with E-state index in [9.17, 15) is 18.0 Å². The van der Waals surface area contributed by atoms with E-state index < -0.39 is 21.7 Å². The van der Waals surface area contributed by atoms with Crippen LogP contribution < -0.4 is 21.7 Å². The molecule has 0 spiro atoms. The first-order valence-electron chi connectivity index (χ1n) is 9.74. The second kappa shape index (κ2) is 9.17. The zero-order chi connectivity index (χ0) is 22.6. The zero-order valence-corrected chi connectivity index (χ0v) is 17.9. The summed E-state index contributed by atoms with van der Waals surface area (Å²) in [6.45, 7) is 1.12. The molecule has 1 heterocycles. The van der Waals surface area contributed by atoms with Gasteiger partial charge in [-0.05, 0) is 43.2 Å². The highest BCUT2D eigenvalue weighted by Crippen LogP contribution is 2.29. The lowest BCUT2D eigenvalue weighted by molar-refractivity contribution is 0.0930. The minimum Gasteiger partial charge on any atom is -0.370 e. The number of benzene rings is 2. The van der Waals surface area contributed by atoms with Gasteiger partial charge in [-0.15, -0.1) is 0 Å². The van der Waals surface area contributed by atoms with Gasteiger partial charge in [0.1, 0.15) is 0 Å². The number of rotatable bonds is 5. The third kappa shape index (κ3) is 5.60. The fourth-order valence-electron chi connectivity index (χ4n) is 3.51. The number of guanidine groups is 1. The normalized spacial score (nSPS) is 14.7. The number of amides is 2. The molecule has 0 unspecified atom stereocenters. The van der Waals surface area contributed by atoms with Crippen LogP contribution in [0, 0.1) is 0 Å². The molecule has 2 aromatic carbocycles. The number of sulfone groups is 1. The van der Waals surface area contributed by atoms with Crippen LogP contribution in [-0.4, -0.2) is 51.6 Å². The average Bonchev–Trinajstić information content (AvgIpc) is 2.73. The van der Waals surface area contributed by atoms with Crippen molar-refractivity contribution in [2.24, 2.45) is 16.5 Å². The van der Waals surface area contributed by atoms with E-state index in [1.165, 1.54) is 12.1 Å². The molecule has 2 aromatic rings. The summed E-state index contributed by atoms with van der Waals surface area (Å²) in [6, 6.07) is 13.4. The lowest BCUT2D eigenvalue weighted by Crippen LogP contribution is -2.45. The summed E-state index contributed by atoms with van der Waals surface area (Å²) in [7, 11) is -3.61. The number of carbonyl (C=O) groups excluding carboxylic acids is 2. The summed E-state index contributed by atoms with van der Waals surface area (Å²) in [5, 5.41) is 3.03. The van der Waals surface area contributed by atoms with Gasteiger partial charge in [-0.25, -0.2) is 8.42 Å². The molecular formula is C21H25N5O4S. The second-order valence-corrected chi connectivity index (χ2v) is 9.38. The summed E-state index contributed by atoms with van der Waals surface area (Å²) >= 11 is 0. The van der Waals surface area contributed by atoms with E-state index >= 15 is 0 Å². The van der Waals surface area contributed by atoms with Crippen molar-refractivity contribution in [1.29, 1.82) is 0 Å². The molecule has 1 saturated heterocycles. The summed E-state index contributed by atoms with van der Waals surface area (Å²) in [5.41, 5.74) is 11.7. The van der Waals surface area contributed by atoms with E-state index in [1.54, 1.807) is 18.2 Å². The highest BCUT2D eigenvalue weighted by molar-refractivity contribution is 7.90. The Morgan fingerprint density at radius 2 is 1.68 bits per heavy atom. The molecule has 1 fully saturated rings. The first-order chi connectivity index (χ1) is 14.6. The van der Waals surface area contributed by atoms with E-state index in [1.807, 2.05) is 23.1 Å². The summed E-state index contributed by atoms with van der Waals surface area (Å²) in [4.78, 5) is 29.9. The molecule has 0 saturated carbocycles. The van der Waals surface area contributed by atoms with Gasteiger partial charge in [0.2, 0.25) is 0 Å². The standard InChI is InChI=1S/C21H25N5O4S/c1-31(29,30)18-13-15(20(28)25-21(22)23)7-8-17(18)26-11-9-16(10-12-26)24-19(27)14-5-3-2-4-6-14/h2-8,13,16H,9-12H2,1H3,(H,24,27)(H4,22,23,25,28). The Labute approximate surface area is 181 Å². The molecular weight excluding hydrogens is 418 g/mol. The molecule has 0 aromatic heterocycles. The van der Waals surface area contributed by atoms with Crippen molar-refractivity contribution in [2.75, 3.05) is 24.2 Å². The van der Waals surface area contributed by atoms with E-state index in [0.717, 1.165) is 6.26 Å². The third-order valence-corrected chi connectivity index (χ3v) is 6.17. The van der Waals surface area contributed by atoms with Crippen molar-refractivity contribution in [3.8, 4) is 0 Å². The van der Waals surface area contributed by atoms with Crippen LogP contribution in [0.2, 0.25) is 0 Å². The maximum absolute atomic E-state index is 12.4. The fourth-order valence-corrected chi connectivity index (χ4v) is 4.43. The lowest BCUT2D eigenvalue weighted by Gasteiger charge is -2.35. The van der Waals surface area contributed by atoms with Crippen LogP contribution in [0.5, 0.6) is 0 Å². The van der Waals surface area contributed by atoms with Crippen molar-refractivity contribution in [3.05, 3.63) is 59.7 Å². The first kappa shape index (κ1) is 22.3. The summed E-state index contributed by atoms with van der Waals surface area (Å²) in [5.74, 6) is -1.23. The molecule has 0 aliphatic carbocycles. The molecule has 3 rings (SSSR count). The highest BCUT2D eigenvalue weighted by atomic mass is 32.2. The molecule has 10 heteroatoms. The Kier molecular flexibility index (Phi) is 6.59. The van der Waals surface area contributed by atoms with Gasteiger partial charge in [-0.2, -0.15) is 4.99 Å². The Morgan fingerprint density at radius 3 is 2.26 bits per heavy atom. The van der Waals surface area contributed by atoms with E-state index in [0.29, 0.717) is 37.2 Å². The van der Waals surface area contributed by atoms with Gasteiger partial charge in [0.25, 0.3) is 11.8 Å². The summed E-state index contributed by atoms with van der Waals surface area (Å²) in [6.07, 6.45) is 2.42. The quantitative estimate of drug-likeness (QED) is 0.459. The number of piperidine rings is 1. The average molecular weight is 444 g/mol. The van der Waals surface area contributed by atoms with Crippen molar-refractivity contribution in [3.63, 3.8) is 0 Å². The van der Waals surface area contributed by atoms with Crippen molar-refractivity contribution in [2.45, 2.75) is 23.8 Å². The third-order valence-electron chi connectivity index (χ3n) is 5.04. The van der Waals surface area contributed by atoms with Crippen molar-refractivity contribution >= 4 is 33.3 Å². The predicted octanol–water partition coefficient (Wildman–Crippen LogP) is 0.903. The number of hydrogen-bond donors (Lipinski definition) is 3. The molecule has 164 valence electrons. The number of aliphatic imine (C=N–C) groups is 1. The molecule has 5 N–H and O–H groups in total. The SMILES string of the molecule is CS(=O)(=O)c1cc(C(=O)N=C(N)N)ccc1N1CCC(NC(=O)c2ccccc2)CC1. The minimum absolute atomic E-state index is 0.00615. The maximum atomic E-state index is 12.4. The van der Waals surface area contributed by atoms with Crippen LogP contribution in [0.25, 0.3) is 0 Å².